The Morgan fingerprint density at radius 1 is 0.500 bits per heavy atom. The van der Waals surface area contributed by atoms with Gasteiger partial charge in [-0.15, -0.1) is 0 Å². The van der Waals surface area contributed by atoms with E-state index in [0.29, 0.717) is 0 Å². The van der Waals surface area contributed by atoms with Crippen molar-refractivity contribution in [2.75, 3.05) is 33.7 Å². The van der Waals surface area contributed by atoms with Crippen LogP contribution in [0.4, 0.5) is 0 Å². The van der Waals surface area contributed by atoms with E-state index in [-0.39, 0.29) is 33.7 Å². The first-order chi connectivity index (χ1) is 7.62. The second-order valence-corrected chi connectivity index (χ2v) is 8.06. The van der Waals surface area contributed by atoms with E-state index in [1.807, 2.05) is 0 Å². The van der Waals surface area contributed by atoms with Crippen molar-refractivity contribution < 1.29 is 18.6 Å². The monoisotopic (exact) mass is 305 g/mol. The normalized spacial score (nSPS) is 14.7. The van der Waals surface area contributed by atoms with Crippen molar-refractivity contribution in [1.82, 2.24) is 0 Å². The van der Waals surface area contributed by atoms with Crippen molar-refractivity contribution in [3.63, 3.8) is 0 Å². The average Bonchev–Trinajstić information content (AvgIpc) is 2.19. The van der Waals surface area contributed by atoms with E-state index in [0.717, 1.165) is 0 Å². The SMILES string of the molecule is NCO[As](OCN)(OCN)(OCN)OCN. The van der Waals surface area contributed by atoms with Crippen molar-refractivity contribution >= 4 is 14.2 Å². The van der Waals surface area contributed by atoms with Crippen LogP contribution in [0, 0.1) is 0 Å². The van der Waals surface area contributed by atoms with Crippen LogP contribution >= 0.6 is 0 Å². The quantitative estimate of drug-likeness (QED) is 0.201. The Bertz CT molecular complexity index is 146. The molecular weight excluding hydrogens is 285 g/mol. The van der Waals surface area contributed by atoms with Gasteiger partial charge in [-0.25, -0.2) is 0 Å². The molecule has 0 aromatic heterocycles. The maximum atomic E-state index is 5.26. The molecule has 0 unspecified atom stereocenters. The molecule has 0 aliphatic heterocycles. The van der Waals surface area contributed by atoms with Gasteiger partial charge in [0.05, 0.1) is 0 Å². The van der Waals surface area contributed by atoms with Crippen LogP contribution in [-0.4, -0.2) is 47.8 Å². The molecule has 0 radical (unpaired) electrons. The summed E-state index contributed by atoms with van der Waals surface area (Å²) in [4.78, 5) is 0. The molecule has 0 rings (SSSR count). The van der Waals surface area contributed by atoms with E-state index in [9.17, 15) is 0 Å². The summed E-state index contributed by atoms with van der Waals surface area (Å²) >= 11 is -5.06. The summed E-state index contributed by atoms with van der Waals surface area (Å²) in [6, 6.07) is 0. The first-order valence-electron chi connectivity index (χ1n) is 4.40. The van der Waals surface area contributed by atoms with Gasteiger partial charge in [0, 0.05) is 0 Å². The fraction of sp³-hybridized carbons (Fsp3) is 1.00. The number of rotatable bonds is 10. The van der Waals surface area contributed by atoms with E-state index < -0.39 is 14.2 Å². The van der Waals surface area contributed by atoms with Gasteiger partial charge < -0.3 is 0 Å². The predicted octanol–water partition coefficient (Wildman–Crippen LogP) is -3.46. The van der Waals surface area contributed by atoms with E-state index in [4.69, 9.17) is 47.3 Å². The van der Waals surface area contributed by atoms with Gasteiger partial charge in [0.2, 0.25) is 0 Å². The van der Waals surface area contributed by atoms with Gasteiger partial charge in [-0.1, -0.05) is 0 Å². The molecule has 0 aromatic carbocycles. The average molecular weight is 305 g/mol. The summed E-state index contributed by atoms with van der Waals surface area (Å²) in [7, 11) is 0. The van der Waals surface area contributed by atoms with E-state index in [1.54, 1.807) is 0 Å². The fourth-order valence-corrected chi connectivity index (χ4v) is 5.10. The van der Waals surface area contributed by atoms with Gasteiger partial charge in [0.15, 0.2) is 0 Å². The van der Waals surface area contributed by atoms with Gasteiger partial charge in [-0.2, -0.15) is 0 Å². The molecule has 0 saturated heterocycles. The van der Waals surface area contributed by atoms with Crippen LogP contribution in [-0.2, 0) is 18.6 Å². The summed E-state index contributed by atoms with van der Waals surface area (Å²) in [6.07, 6.45) is 0. The van der Waals surface area contributed by atoms with Crippen molar-refractivity contribution in [2.24, 2.45) is 28.7 Å². The molecule has 10 N–H and O–H groups in total. The van der Waals surface area contributed by atoms with Crippen molar-refractivity contribution in [3.8, 4) is 0 Å². The van der Waals surface area contributed by atoms with E-state index in [1.165, 1.54) is 0 Å². The van der Waals surface area contributed by atoms with Crippen molar-refractivity contribution in [1.29, 1.82) is 0 Å². The number of hydrogen-bond acceptors (Lipinski definition) is 10. The maximum absolute atomic E-state index is 5.26. The van der Waals surface area contributed by atoms with E-state index >= 15 is 0 Å². The predicted molar refractivity (Wildman–Crippen MR) is 56.5 cm³/mol. The first-order valence-corrected chi connectivity index (χ1v) is 8.23. The zero-order valence-corrected chi connectivity index (χ0v) is 10.8. The Morgan fingerprint density at radius 3 is 0.812 bits per heavy atom. The minimum atomic E-state index is -5.06. The van der Waals surface area contributed by atoms with Crippen LogP contribution in [0.3, 0.4) is 0 Å². The van der Waals surface area contributed by atoms with Crippen LogP contribution in [0.5, 0.6) is 0 Å². The van der Waals surface area contributed by atoms with Crippen LogP contribution < -0.4 is 28.7 Å². The Labute approximate surface area is 95.6 Å². The van der Waals surface area contributed by atoms with Crippen LogP contribution in [0.1, 0.15) is 0 Å². The molecule has 0 bridgehead atoms. The second-order valence-electron chi connectivity index (χ2n) is 2.22. The zero-order valence-electron chi connectivity index (χ0n) is 8.91. The molecule has 10 nitrogen and oxygen atoms in total. The summed E-state index contributed by atoms with van der Waals surface area (Å²) in [5, 5.41) is 0. The van der Waals surface area contributed by atoms with Gasteiger partial charge in [0.1, 0.15) is 0 Å². The molecule has 0 saturated carbocycles. The molecule has 0 aliphatic rings. The van der Waals surface area contributed by atoms with Crippen LogP contribution in [0.2, 0.25) is 0 Å². The topological polar surface area (TPSA) is 176 Å². The summed E-state index contributed by atoms with van der Waals surface area (Å²) in [5.74, 6) is 0. The Morgan fingerprint density at radius 2 is 0.688 bits per heavy atom. The molecule has 100 valence electrons. The van der Waals surface area contributed by atoms with E-state index in [2.05, 4.69) is 0 Å². The number of nitrogens with two attached hydrogens (primary N) is 5. The molecule has 0 fully saturated rings. The molecule has 0 amide bonds. The summed E-state index contributed by atoms with van der Waals surface area (Å²) in [5.41, 5.74) is 26.3. The minimum absolute atomic E-state index is 0.286. The first kappa shape index (κ1) is 16.2. The zero-order chi connectivity index (χ0) is 12.5. The van der Waals surface area contributed by atoms with Gasteiger partial charge in [0.25, 0.3) is 0 Å². The molecule has 11 heteroatoms. The summed E-state index contributed by atoms with van der Waals surface area (Å²) in [6.45, 7) is -1.43. The summed E-state index contributed by atoms with van der Waals surface area (Å²) < 4.78 is 25.6. The molecule has 16 heavy (non-hydrogen) atoms. The Kier molecular flexibility index (Phi) is 7.55. The van der Waals surface area contributed by atoms with Gasteiger partial charge in [-0.05, 0) is 0 Å². The standard InChI is InChI=1S/C5H20AsN5O5/c7-1-12-6(13-2-8,14-3-9,15-4-10)16-5-11/h1-5,7-11H2. The number of hydrogen-bond donors (Lipinski definition) is 5. The Balaban J connectivity index is 5.09. The third-order valence-electron chi connectivity index (χ3n) is 1.43. The molecule has 0 aliphatic carbocycles. The second kappa shape index (κ2) is 7.48. The van der Waals surface area contributed by atoms with Gasteiger partial charge in [-0.3, -0.25) is 0 Å². The van der Waals surface area contributed by atoms with Crippen LogP contribution in [0.25, 0.3) is 0 Å². The fourth-order valence-electron chi connectivity index (χ4n) is 0.981. The Hall–Kier alpha value is 0.158. The van der Waals surface area contributed by atoms with Gasteiger partial charge >= 0.3 is 95.1 Å². The third-order valence-corrected chi connectivity index (χ3v) is 7.41. The van der Waals surface area contributed by atoms with Crippen molar-refractivity contribution in [3.05, 3.63) is 0 Å². The third kappa shape index (κ3) is 3.87. The molecule has 0 atom stereocenters. The van der Waals surface area contributed by atoms with Crippen molar-refractivity contribution in [2.45, 2.75) is 0 Å². The molecule has 0 aromatic rings. The molecular formula is C5H20AsN5O5. The molecule has 0 spiro atoms. The van der Waals surface area contributed by atoms with Crippen LogP contribution in [0.15, 0.2) is 0 Å². The molecule has 0 heterocycles.